The molecule has 0 atom stereocenters. The van der Waals surface area contributed by atoms with Gasteiger partial charge in [0, 0.05) is 6.07 Å². The Balaban J connectivity index is 2.38. The maximum atomic E-state index is 13.2. The molecule has 1 nitrogen and oxygen atoms in total. The van der Waals surface area contributed by atoms with Crippen LogP contribution in [0.1, 0.15) is 0 Å². The van der Waals surface area contributed by atoms with Gasteiger partial charge in [0.1, 0.15) is 17.4 Å². The van der Waals surface area contributed by atoms with Gasteiger partial charge in [0.15, 0.2) is 0 Å². The van der Waals surface area contributed by atoms with Crippen molar-refractivity contribution in [3.05, 3.63) is 54.1 Å². The molecule has 0 spiro atoms. The van der Waals surface area contributed by atoms with Crippen molar-refractivity contribution in [2.45, 2.75) is 6.61 Å². The number of alkyl halides is 2. The standard InChI is InChI=1S/C13H8F4O/c14-10-3-1-8(2-4-10)9-5-11(15)7-12(6-9)18-13(16)17/h1-7,13H. The van der Waals surface area contributed by atoms with Crippen molar-refractivity contribution in [2.75, 3.05) is 0 Å². The summed E-state index contributed by atoms with van der Waals surface area (Å²) >= 11 is 0. The van der Waals surface area contributed by atoms with E-state index in [1.165, 1.54) is 30.3 Å². The molecule has 2 aromatic rings. The SMILES string of the molecule is Fc1ccc(-c2cc(F)cc(OC(F)F)c2)cc1. The van der Waals surface area contributed by atoms with Gasteiger partial charge in [0.25, 0.3) is 0 Å². The normalized spacial score (nSPS) is 10.7. The van der Waals surface area contributed by atoms with Crippen molar-refractivity contribution in [1.29, 1.82) is 0 Å². The van der Waals surface area contributed by atoms with E-state index in [9.17, 15) is 17.6 Å². The van der Waals surface area contributed by atoms with Crippen LogP contribution in [0.5, 0.6) is 5.75 Å². The Kier molecular flexibility index (Phi) is 3.50. The number of hydrogen-bond donors (Lipinski definition) is 0. The van der Waals surface area contributed by atoms with Crippen LogP contribution in [-0.4, -0.2) is 6.61 Å². The quantitative estimate of drug-likeness (QED) is 0.746. The first-order valence-electron chi connectivity index (χ1n) is 5.06. The first-order chi connectivity index (χ1) is 8.54. The van der Waals surface area contributed by atoms with Gasteiger partial charge in [-0.1, -0.05) is 12.1 Å². The number of hydrogen-bond acceptors (Lipinski definition) is 1. The highest BCUT2D eigenvalue weighted by Crippen LogP contribution is 2.26. The van der Waals surface area contributed by atoms with E-state index in [1.54, 1.807) is 0 Å². The van der Waals surface area contributed by atoms with Crippen molar-refractivity contribution in [2.24, 2.45) is 0 Å². The minimum absolute atomic E-state index is 0.274. The maximum absolute atomic E-state index is 13.2. The lowest BCUT2D eigenvalue weighted by Crippen LogP contribution is -2.02. The third kappa shape index (κ3) is 3.00. The highest BCUT2D eigenvalue weighted by Gasteiger charge is 2.08. The predicted octanol–water partition coefficient (Wildman–Crippen LogP) is 4.23. The van der Waals surface area contributed by atoms with Crippen LogP contribution >= 0.6 is 0 Å². The third-order valence-electron chi connectivity index (χ3n) is 2.27. The van der Waals surface area contributed by atoms with E-state index in [-0.39, 0.29) is 5.75 Å². The molecule has 0 aliphatic heterocycles. The van der Waals surface area contributed by atoms with E-state index in [0.717, 1.165) is 12.1 Å². The summed E-state index contributed by atoms with van der Waals surface area (Å²) in [4.78, 5) is 0. The molecule has 0 amide bonds. The smallest absolute Gasteiger partial charge is 0.387 e. The fourth-order valence-electron chi connectivity index (χ4n) is 1.54. The van der Waals surface area contributed by atoms with Gasteiger partial charge in [-0.25, -0.2) is 8.78 Å². The lowest BCUT2D eigenvalue weighted by molar-refractivity contribution is -0.0499. The van der Waals surface area contributed by atoms with Gasteiger partial charge in [-0.15, -0.1) is 0 Å². The fourth-order valence-corrected chi connectivity index (χ4v) is 1.54. The van der Waals surface area contributed by atoms with Crippen LogP contribution in [0.3, 0.4) is 0 Å². The van der Waals surface area contributed by atoms with Crippen molar-refractivity contribution >= 4 is 0 Å². The molecule has 0 aliphatic carbocycles. The van der Waals surface area contributed by atoms with E-state index >= 15 is 0 Å². The van der Waals surface area contributed by atoms with Crippen LogP contribution in [-0.2, 0) is 0 Å². The average molecular weight is 256 g/mol. The highest BCUT2D eigenvalue weighted by molar-refractivity contribution is 5.65. The van der Waals surface area contributed by atoms with E-state index < -0.39 is 18.2 Å². The predicted molar refractivity (Wildman–Crippen MR) is 58.4 cm³/mol. The van der Waals surface area contributed by atoms with Crippen LogP contribution in [0.25, 0.3) is 11.1 Å². The molecule has 0 saturated heterocycles. The molecular formula is C13H8F4O. The minimum Gasteiger partial charge on any atom is -0.435 e. The van der Waals surface area contributed by atoms with Crippen LogP contribution in [0.4, 0.5) is 17.6 Å². The lowest BCUT2D eigenvalue weighted by Gasteiger charge is -2.07. The summed E-state index contributed by atoms with van der Waals surface area (Å²) in [6.07, 6.45) is 0. The second-order valence-electron chi connectivity index (χ2n) is 3.56. The van der Waals surface area contributed by atoms with Crippen LogP contribution in [0, 0.1) is 11.6 Å². The van der Waals surface area contributed by atoms with Crippen LogP contribution in [0.2, 0.25) is 0 Å². The summed E-state index contributed by atoms with van der Waals surface area (Å²) in [6.45, 7) is -3.02. The van der Waals surface area contributed by atoms with Gasteiger partial charge in [0.2, 0.25) is 0 Å². The van der Waals surface area contributed by atoms with E-state index in [2.05, 4.69) is 4.74 Å². The molecule has 0 bridgehead atoms. The van der Waals surface area contributed by atoms with Gasteiger partial charge < -0.3 is 4.74 Å². The Hall–Kier alpha value is -2.04. The average Bonchev–Trinajstić information content (AvgIpc) is 2.28. The first kappa shape index (κ1) is 12.4. The molecule has 5 heteroatoms. The molecule has 0 fully saturated rings. The molecule has 0 unspecified atom stereocenters. The molecule has 0 aromatic heterocycles. The molecular weight excluding hydrogens is 248 g/mol. The number of halogens is 4. The largest absolute Gasteiger partial charge is 0.435 e. The third-order valence-corrected chi connectivity index (χ3v) is 2.27. The van der Waals surface area contributed by atoms with Gasteiger partial charge in [-0.05, 0) is 35.4 Å². The molecule has 2 aromatic carbocycles. The minimum atomic E-state index is -3.02. The number of benzene rings is 2. The molecule has 18 heavy (non-hydrogen) atoms. The van der Waals surface area contributed by atoms with Crippen molar-refractivity contribution in [1.82, 2.24) is 0 Å². The molecule has 0 heterocycles. The summed E-state index contributed by atoms with van der Waals surface area (Å²) in [7, 11) is 0. The zero-order chi connectivity index (χ0) is 13.1. The molecule has 0 N–H and O–H groups in total. The topological polar surface area (TPSA) is 9.23 Å². The summed E-state index contributed by atoms with van der Waals surface area (Å²) in [6, 6.07) is 8.54. The lowest BCUT2D eigenvalue weighted by atomic mass is 10.1. The Labute approximate surface area is 101 Å². The van der Waals surface area contributed by atoms with E-state index in [4.69, 9.17) is 0 Å². The molecule has 2 rings (SSSR count). The molecule has 0 saturated carbocycles. The van der Waals surface area contributed by atoms with Crippen molar-refractivity contribution in [3.63, 3.8) is 0 Å². The van der Waals surface area contributed by atoms with Gasteiger partial charge in [-0.2, -0.15) is 8.78 Å². The first-order valence-corrected chi connectivity index (χ1v) is 5.06. The number of ether oxygens (including phenoxy) is 1. The monoisotopic (exact) mass is 256 g/mol. The highest BCUT2D eigenvalue weighted by atomic mass is 19.3. The summed E-state index contributed by atoms with van der Waals surface area (Å²) in [5.74, 6) is -1.41. The Morgan fingerprint density at radius 3 is 2.06 bits per heavy atom. The van der Waals surface area contributed by atoms with Crippen LogP contribution in [0.15, 0.2) is 42.5 Å². The summed E-state index contributed by atoms with van der Waals surface area (Å²) in [5, 5.41) is 0. The molecule has 94 valence electrons. The Morgan fingerprint density at radius 2 is 1.44 bits per heavy atom. The van der Waals surface area contributed by atoms with Crippen molar-refractivity contribution in [3.8, 4) is 16.9 Å². The zero-order valence-corrected chi connectivity index (χ0v) is 9.04. The fraction of sp³-hybridized carbons (Fsp3) is 0.0769. The zero-order valence-electron chi connectivity index (χ0n) is 9.04. The summed E-state index contributed by atoms with van der Waals surface area (Å²) < 4.78 is 54.2. The second-order valence-corrected chi connectivity index (χ2v) is 3.56. The Morgan fingerprint density at radius 1 is 0.778 bits per heavy atom. The van der Waals surface area contributed by atoms with Gasteiger partial charge in [0.05, 0.1) is 0 Å². The van der Waals surface area contributed by atoms with Crippen molar-refractivity contribution < 1.29 is 22.3 Å². The van der Waals surface area contributed by atoms with E-state index in [0.29, 0.717) is 11.1 Å². The van der Waals surface area contributed by atoms with Crippen LogP contribution < -0.4 is 4.74 Å². The summed E-state index contributed by atoms with van der Waals surface area (Å²) in [5.41, 5.74) is 0.848. The van der Waals surface area contributed by atoms with Gasteiger partial charge in [-0.3, -0.25) is 0 Å². The Bertz CT molecular complexity index is 537. The second kappa shape index (κ2) is 5.08. The molecule has 0 radical (unpaired) electrons. The number of rotatable bonds is 3. The maximum Gasteiger partial charge on any atom is 0.387 e. The van der Waals surface area contributed by atoms with E-state index in [1.807, 2.05) is 0 Å². The molecule has 0 aliphatic rings. The van der Waals surface area contributed by atoms with Gasteiger partial charge >= 0.3 is 6.61 Å².